The number of carbonyl (C=O) groups excluding carboxylic acids is 3. The van der Waals surface area contributed by atoms with Crippen molar-refractivity contribution in [3.63, 3.8) is 0 Å². The SMILES string of the molecule is C[C@H](NC(=O)[C@H](CC(=O)O)NC(=O)CN)C(=O)NCC(=O)O. The molecule has 0 saturated heterocycles. The van der Waals surface area contributed by atoms with E-state index < -0.39 is 61.3 Å². The molecule has 22 heavy (non-hydrogen) atoms. The van der Waals surface area contributed by atoms with Gasteiger partial charge in [0.15, 0.2) is 0 Å². The van der Waals surface area contributed by atoms with E-state index in [0.717, 1.165) is 0 Å². The lowest BCUT2D eigenvalue weighted by atomic mass is 10.1. The van der Waals surface area contributed by atoms with E-state index in [1.165, 1.54) is 6.92 Å². The van der Waals surface area contributed by atoms with Crippen LogP contribution in [-0.4, -0.2) is 65.0 Å². The van der Waals surface area contributed by atoms with Crippen molar-refractivity contribution in [2.24, 2.45) is 5.73 Å². The molecule has 0 aromatic heterocycles. The number of nitrogens with one attached hydrogen (secondary N) is 3. The van der Waals surface area contributed by atoms with E-state index in [4.69, 9.17) is 15.9 Å². The summed E-state index contributed by atoms with van der Waals surface area (Å²) in [6.07, 6.45) is -0.693. The van der Waals surface area contributed by atoms with Gasteiger partial charge in [-0.1, -0.05) is 0 Å². The number of carbonyl (C=O) groups is 5. The maximum atomic E-state index is 11.9. The molecule has 0 radical (unpaired) electrons. The summed E-state index contributed by atoms with van der Waals surface area (Å²) in [5.74, 6) is -4.99. The van der Waals surface area contributed by atoms with Crippen LogP contribution in [0.3, 0.4) is 0 Å². The minimum atomic E-state index is -1.40. The molecule has 0 aromatic carbocycles. The predicted octanol–water partition coefficient (Wildman–Crippen LogP) is -3.39. The van der Waals surface area contributed by atoms with E-state index in [1.54, 1.807) is 0 Å². The quantitative estimate of drug-likeness (QED) is 0.254. The Labute approximate surface area is 125 Å². The molecule has 0 aliphatic heterocycles. The van der Waals surface area contributed by atoms with Gasteiger partial charge >= 0.3 is 11.9 Å². The Morgan fingerprint density at radius 1 is 1.00 bits per heavy atom. The molecule has 0 saturated carbocycles. The molecular formula is C11H18N4O7. The number of amides is 3. The molecule has 11 heteroatoms. The van der Waals surface area contributed by atoms with E-state index in [1.807, 2.05) is 5.32 Å². The molecule has 2 atom stereocenters. The first-order valence-electron chi connectivity index (χ1n) is 6.18. The topological polar surface area (TPSA) is 188 Å². The number of hydrogen-bond acceptors (Lipinski definition) is 6. The predicted molar refractivity (Wildman–Crippen MR) is 71.5 cm³/mol. The van der Waals surface area contributed by atoms with Crippen LogP contribution in [-0.2, 0) is 24.0 Å². The van der Waals surface area contributed by atoms with Crippen LogP contribution in [0.2, 0.25) is 0 Å². The second-order valence-electron chi connectivity index (χ2n) is 4.26. The average molecular weight is 318 g/mol. The molecular weight excluding hydrogens is 300 g/mol. The van der Waals surface area contributed by atoms with E-state index >= 15 is 0 Å². The van der Waals surface area contributed by atoms with E-state index in [9.17, 15) is 24.0 Å². The lowest BCUT2D eigenvalue weighted by molar-refractivity contribution is -0.141. The first-order chi connectivity index (χ1) is 10.2. The summed E-state index contributed by atoms with van der Waals surface area (Å²) in [4.78, 5) is 55.5. The Hall–Kier alpha value is -2.69. The molecule has 0 fully saturated rings. The van der Waals surface area contributed by atoms with Gasteiger partial charge in [0.05, 0.1) is 13.0 Å². The summed E-state index contributed by atoms with van der Waals surface area (Å²) in [6.45, 7) is 0.219. The number of nitrogens with two attached hydrogens (primary N) is 1. The number of rotatable bonds is 9. The monoisotopic (exact) mass is 318 g/mol. The highest BCUT2D eigenvalue weighted by atomic mass is 16.4. The van der Waals surface area contributed by atoms with Gasteiger partial charge in [0.25, 0.3) is 0 Å². The Kier molecular flexibility index (Phi) is 8.15. The lowest BCUT2D eigenvalue weighted by Gasteiger charge is -2.19. The van der Waals surface area contributed by atoms with Crippen LogP contribution >= 0.6 is 0 Å². The molecule has 0 aromatic rings. The Morgan fingerprint density at radius 2 is 1.59 bits per heavy atom. The number of carboxylic acids is 2. The molecule has 124 valence electrons. The summed E-state index contributed by atoms with van der Waals surface area (Å²) in [6, 6.07) is -2.51. The maximum absolute atomic E-state index is 11.9. The smallest absolute Gasteiger partial charge is 0.322 e. The van der Waals surface area contributed by atoms with Gasteiger partial charge in [-0.2, -0.15) is 0 Å². The highest BCUT2D eigenvalue weighted by molar-refractivity contribution is 5.94. The standard InChI is InChI=1S/C11H18N4O7/c1-5(10(21)13-4-9(19)20)14-11(22)6(2-8(17)18)15-7(16)3-12/h5-6H,2-4,12H2,1H3,(H,13,21)(H,14,22)(H,15,16)(H,17,18)(H,19,20)/t5-,6-/m0/s1. The summed E-state index contributed by atoms with van der Waals surface area (Å²) in [5.41, 5.74) is 5.06. The zero-order chi connectivity index (χ0) is 17.3. The molecule has 0 bridgehead atoms. The zero-order valence-corrected chi connectivity index (χ0v) is 11.8. The third-order valence-corrected chi connectivity index (χ3v) is 2.38. The Bertz CT molecular complexity index is 465. The largest absolute Gasteiger partial charge is 0.481 e. The van der Waals surface area contributed by atoms with Crippen molar-refractivity contribution < 1.29 is 34.2 Å². The van der Waals surface area contributed by atoms with Crippen molar-refractivity contribution in [1.29, 1.82) is 0 Å². The third kappa shape index (κ3) is 7.79. The van der Waals surface area contributed by atoms with Crippen LogP contribution in [0.25, 0.3) is 0 Å². The summed E-state index contributed by atoms with van der Waals surface area (Å²) in [7, 11) is 0. The van der Waals surface area contributed by atoms with Crippen molar-refractivity contribution in [3.05, 3.63) is 0 Å². The first-order valence-corrected chi connectivity index (χ1v) is 6.18. The molecule has 0 aliphatic rings. The third-order valence-electron chi connectivity index (χ3n) is 2.38. The van der Waals surface area contributed by atoms with Gasteiger partial charge in [-0.25, -0.2) is 0 Å². The van der Waals surface area contributed by atoms with Crippen molar-refractivity contribution in [3.8, 4) is 0 Å². The molecule has 11 nitrogen and oxygen atoms in total. The minimum absolute atomic E-state index is 0.432. The van der Waals surface area contributed by atoms with Crippen LogP contribution in [0.5, 0.6) is 0 Å². The van der Waals surface area contributed by atoms with Crippen LogP contribution in [0, 0.1) is 0 Å². The highest BCUT2D eigenvalue weighted by Gasteiger charge is 2.26. The molecule has 7 N–H and O–H groups in total. The second-order valence-corrected chi connectivity index (χ2v) is 4.26. The Balaban J connectivity index is 4.65. The molecule has 0 spiro atoms. The molecule has 3 amide bonds. The fourth-order valence-corrected chi connectivity index (χ4v) is 1.33. The van der Waals surface area contributed by atoms with Gasteiger partial charge in [0.1, 0.15) is 18.6 Å². The van der Waals surface area contributed by atoms with Crippen molar-refractivity contribution in [1.82, 2.24) is 16.0 Å². The van der Waals surface area contributed by atoms with E-state index in [0.29, 0.717) is 0 Å². The molecule has 0 aliphatic carbocycles. The maximum Gasteiger partial charge on any atom is 0.322 e. The molecule has 0 unspecified atom stereocenters. The Morgan fingerprint density at radius 3 is 2.05 bits per heavy atom. The van der Waals surface area contributed by atoms with Crippen molar-refractivity contribution in [2.75, 3.05) is 13.1 Å². The van der Waals surface area contributed by atoms with Crippen LogP contribution in [0.4, 0.5) is 0 Å². The summed E-state index contributed by atoms with van der Waals surface area (Å²) >= 11 is 0. The average Bonchev–Trinajstić information content (AvgIpc) is 2.42. The normalized spacial score (nSPS) is 12.6. The van der Waals surface area contributed by atoms with Crippen LogP contribution in [0.15, 0.2) is 0 Å². The van der Waals surface area contributed by atoms with Gasteiger partial charge in [-0.15, -0.1) is 0 Å². The highest BCUT2D eigenvalue weighted by Crippen LogP contribution is 1.95. The fourth-order valence-electron chi connectivity index (χ4n) is 1.33. The van der Waals surface area contributed by atoms with Gasteiger partial charge in [-0.05, 0) is 6.92 Å². The van der Waals surface area contributed by atoms with Crippen molar-refractivity contribution in [2.45, 2.75) is 25.4 Å². The van der Waals surface area contributed by atoms with Crippen LogP contribution in [0.1, 0.15) is 13.3 Å². The minimum Gasteiger partial charge on any atom is -0.481 e. The van der Waals surface area contributed by atoms with Gasteiger partial charge in [0, 0.05) is 0 Å². The van der Waals surface area contributed by atoms with Gasteiger partial charge in [-0.3, -0.25) is 24.0 Å². The molecule has 0 rings (SSSR count). The van der Waals surface area contributed by atoms with Gasteiger partial charge < -0.3 is 31.9 Å². The number of carboxylic acid groups (broad SMARTS) is 2. The number of aliphatic carboxylic acids is 2. The lowest BCUT2D eigenvalue weighted by Crippen LogP contribution is -2.54. The first kappa shape index (κ1) is 19.3. The fraction of sp³-hybridized carbons (Fsp3) is 0.545. The second kappa shape index (κ2) is 9.28. The number of hydrogen-bond donors (Lipinski definition) is 6. The molecule has 0 heterocycles. The summed E-state index contributed by atoms with van der Waals surface area (Å²) in [5, 5.41) is 23.4. The van der Waals surface area contributed by atoms with Crippen LogP contribution < -0.4 is 21.7 Å². The van der Waals surface area contributed by atoms with Crippen molar-refractivity contribution >= 4 is 29.7 Å². The van der Waals surface area contributed by atoms with E-state index in [2.05, 4.69) is 10.6 Å². The summed E-state index contributed by atoms with van der Waals surface area (Å²) < 4.78 is 0. The van der Waals surface area contributed by atoms with E-state index in [-0.39, 0.29) is 0 Å². The van der Waals surface area contributed by atoms with Gasteiger partial charge in [0.2, 0.25) is 17.7 Å². The zero-order valence-electron chi connectivity index (χ0n) is 11.8.